The Balaban J connectivity index is 1.79. The van der Waals surface area contributed by atoms with Crippen molar-refractivity contribution < 1.29 is 9.84 Å². The average molecular weight is 369 g/mol. The SMILES string of the molecule is Cc1nc(N2CCOCC2CC(C)O)c2cc(-c3ccccc3)sc2n1. The van der Waals surface area contributed by atoms with E-state index in [0.717, 1.165) is 28.4 Å². The molecule has 0 spiro atoms. The number of morpholine rings is 1. The summed E-state index contributed by atoms with van der Waals surface area (Å²) in [6.45, 7) is 5.84. The van der Waals surface area contributed by atoms with Gasteiger partial charge in [0.25, 0.3) is 0 Å². The van der Waals surface area contributed by atoms with E-state index in [1.54, 1.807) is 11.3 Å². The molecule has 2 atom stereocenters. The second-order valence-corrected chi connectivity index (χ2v) is 7.83. The van der Waals surface area contributed by atoms with Crippen LogP contribution in [0.1, 0.15) is 19.2 Å². The Morgan fingerprint density at radius 3 is 2.88 bits per heavy atom. The summed E-state index contributed by atoms with van der Waals surface area (Å²) >= 11 is 1.70. The molecular weight excluding hydrogens is 346 g/mol. The Hall–Kier alpha value is -2.02. The van der Waals surface area contributed by atoms with Gasteiger partial charge in [0.15, 0.2) is 0 Å². The van der Waals surface area contributed by atoms with Gasteiger partial charge in [0, 0.05) is 11.4 Å². The van der Waals surface area contributed by atoms with Crippen molar-refractivity contribution in [3.63, 3.8) is 0 Å². The molecule has 6 heteroatoms. The third-order valence-corrected chi connectivity index (χ3v) is 5.73. The van der Waals surface area contributed by atoms with Crippen molar-refractivity contribution in [2.24, 2.45) is 0 Å². The van der Waals surface area contributed by atoms with Gasteiger partial charge in [0.2, 0.25) is 0 Å². The molecule has 1 fully saturated rings. The van der Waals surface area contributed by atoms with Crippen LogP contribution in [0.15, 0.2) is 36.4 Å². The lowest BCUT2D eigenvalue weighted by atomic mass is 10.1. The van der Waals surface area contributed by atoms with Crippen molar-refractivity contribution >= 4 is 27.4 Å². The van der Waals surface area contributed by atoms with Gasteiger partial charge in [-0.15, -0.1) is 11.3 Å². The van der Waals surface area contributed by atoms with Gasteiger partial charge in [-0.1, -0.05) is 30.3 Å². The third kappa shape index (κ3) is 3.45. The number of aliphatic hydroxyl groups is 1. The van der Waals surface area contributed by atoms with Gasteiger partial charge in [-0.05, 0) is 31.9 Å². The van der Waals surface area contributed by atoms with Crippen molar-refractivity contribution in [1.29, 1.82) is 0 Å². The quantitative estimate of drug-likeness (QED) is 0.761. The van der Waals surface area contributed by atoms with Crippen LogP contribution in [-0.2, 0) is 4.74 Å². The number of aryl methyl sites for hydroxylation is 1. The second-order valence-electron chi connectivity index (χ2n) is 6.80. The van der Waals surface area contributed by atoms with Crippen molar-refractivity contribution in [2.45, 2.75) is 32.4 Å². The van der Waals surface area contributed by atoms with Crippen LogP contribution in [-0.4, -0.2) is 47.0 Å². The van der Waals surface area contributed by atoms with E-state index in [9.17, 15) is 5.11 Å². The molecule has 5 nitrogen and oxygen atoms in total. The van der Waals surface area contributed by atoms with Gasteiger partial charge in [-0.3, -0.25) is 0 Å². The second kappa shape index (κ2) is 7.31. The van der Waals surface area contributed by atoms with Crippen molar-refractivity contribution in [3.8, 4) is 10.4 Å². The lowest BCUT2D eigenvalue weighted by Crippen LogP contribution is -2.47. The Morgan fingerprint density at radius 2 is 2.12 bits per heavy atom. The Kier molecular flexibility index (Phi) is 4.89. The highest BCUT2D eigenvalue weighted by atomic mass is 32.1. The molecule has 0 amide bonds. The molecule has 2 unspecified atom stereocenters. The van der Waals surface area contributed by atoms with Gasteiger partial charge in [-0.25, -0.2) is 9.97 Å². The maximum Gasteiger partial charge on any atom is 0.141 e. The first-order valence-electron chi connectivity index (χ1n) is 8.98. The molecule has 0 radical (unpaired) electrons. The summed E-state index contributed by atoms with van der Waals surface area (Å²) in [4.78, 5) is 13.9. The third-order valence-electron chi connectivity index (χ3n) is 4.66. The van der Waals surface area contributed by atoms with Crippen LogP contribution in [0.2, 0.25) is 0 Å². The molecule has 1 aliphatic rings. The van der Waals surface area contributed by atoms with Crippen LogP contribution >= 0.6 is 11.3 Å². The number of rotatable bonds is 4. The van der Waals surface area contributed by atoms with Crippen LogP contribution < -0.4 is 4.90 Å². The fourth-order valence-corrected chi connectivity index (χ4v) is 4.57. The summed E-state index contributed by atoms with van der Waals surface area (Å²) in [6.07, 6.45) is 0.296. The van der Waals surface area contributed by atoms with Gasteiger partial charge >= 0.3 is 0 Å². The molecule has 136 valence electrons. The number of benzene rings is 1. The highest BCUT2D eigenvalue weighted by Gasteiger charge is 2.28. The number of ether oxygens (including phenoxy) is 1. The average Bonchev–Trinajstić information content (AvgIpc) is 3.06. The molecular formula is C20H23N3O2S. The van der Waals surface area contributed by atoms with Crippen molar-refractivity contribution in [3.05, 3.63) is 42.2 Å². The monoisotopic (exact) mass is 369 g/mol. The van der Waals surface area contributed by atoms with Crippen LogP contribution in [0.25, 0.3) is 20.7 Å². The summed E-state index contributed by atoms with van der Waals surface area (Å²) in [5.74, 6) is 1.73. The summed E-state index contributed by atoms with van der Waals surface area (Å²) in [7, 11) is 0. The van der Waals surface area contributed by atoms with Gasteiger partial charge < -0.3 is 14.7 Å². The maximum atomic E-state index is 9.88. The topological polar surface area (TPSA) is 58.5 Å². The van der Waals surface area contributed by atoms with E-state index in [1.807, 2.05) is 19.9 Å². The molecule has 0 saturated carbocycles. The number of anilines is 1. The number of aromatic nitrogens is 2. The van der Waals surface area contributed by atoms with Crippen molar-refractivity contribution in [2.75, 3.05) is 24.7 Å². The minimum Gasteiger partial charge on any atom is -0.393 e. The number of fused-ring (bicyclic) bond motifs is 1. The van der Waals surface area contributed by atoms with E-state index in [1.165, 1.54) is 10.4 Å². The van der Waals surface area contributed by atoms with Crippen LogP contribution in [0, 0.1) is 6.92 Å². The molecule has 26 heavy (non-hydrogen) atoms. The molecule has 1 aliphatic heterocycles. The number of thiophene rings is 1. The Bertz CT molecular complexity index is 895. The standard InChI is InChI=1S/C20H23N3O2S/c1-13(24)10-16-12-25-9-8-23(16)19-17-11-18(15-6-4-3-5-7-15)26-20(17)22-14(2)21-19/h3-7,11,13,16,24H,8-10,12H2,1-2H3. The minimum atomic E-state index is -0.370. The predicted octanol–water partition coefficient (Wildman–Crippen LogP) is 3.64. The maximum absolute atomic E-state index is 9.88. The van der Waals surface area contributed by atoms with Crippen LogP contribution in [0.3, 0.4) is 0 Å². The normalized spacial score (nSPS) is 19.0. The first kappa shape index (κ1) is 17.4. The lowest BCUT2D eigenvalue weighted by molar-refractivity contribution is 0.0719. The first-order chi connectivity index (χ1) is 12.6. The first-order valence-corrected chi connectivity index (χ1v) is 9.79. The van der Waals surface area contributed by atoms with Crippen molar-refractivity contribution in [1.82, 2.24) is 9.97 Å². The zero-order valence-corrected chi connectivity index (χ0v) is 15.9. The lowest BCUT2D eigenvalue weighted by Gasteiger charge is -2.37. The fourth-order valence-electron chi connectivity index (χ4n) is 3.50. The predicted molar refractivity (Wildman–Crippen MR) is 106 cm³/mol. The summed E-state index contributed by atoms with van der Waals surface area (Å²) in [5, 5.41) is 11.0. The highest BCUT2D eigenvalue weighted by Crippen LogP contribution is 2.37. The number of nitrogens with zero attached hydrogens (tertiary/aromatic N) is 3. The van der Waals surface area contributed by atoms with Gasteiger partial charge in [0.1, 0.15) is 16.5 Å². The molecule has 1 saturated heterocycles. The van der Waals surface area contributed by atoms with Crippen LogP contribution in [0.4, 0.5) is 5.82 Å². The molecule has 0 bridgehead atoms. The molecule has 2 aromatic heterocycles. The highest BCUT2D eigenvalue weighted by molar-refractivity contribution is 7.21. The molecule has 4 rings (SSSR count). The van der Waals surface area contributed by atoms with E-state index in [2.05, 4.69) is 40.2 Å². The van der Waals surface area contributed by atoms with Gasteiger partial charge in [-0.2, -0.15) is 0 Å². The zero-order chi connectivity index (χ0) is 18.1. The zero-order valence-electron chi connectivity index (χ0n) is 15.1. The smallest absolute Gasteiger partial charge is 0.141 e. The number of hydrogen-bond donors (Lipinski definition) is 1. The van der Waals surface area contributed by atoms with E-state index in [-0.39, 0.29) is 12.1 Å². The Labute approximate surface area is 157 Å². The van der Waals surface area contributed by atoms with Gasteiger partial charge in [0.05, 0.1) is 30.7 Å². The summed E-state index contributed by atoms with van der Waals surface area (Å²) in [5.41, 5.74) is 1.20. The fraction of sp³-hybridized carbons (Fsp3) is 0.400. The number of hydrogen-bond acceptors (Lipinski definition) is 6. The molecule has 3 heterocycles. The van der Waals surface area contributed by atoms with Crippen LogP contribution in [0.5, 0.6) is 0 Å². The molecule has 1 N–H and O–H groups in total. The van der Waals surface area contributed by atoms with E-state index in [4.69, 9.17) is 9.72 Å². The minimum absolute atomic E-state index is 0.126. The van der Waals surface area contributed by atoms with E-state index < -0.39 is 0 Å². The summed E-state index contributed by atoms with van der Waals surface area (Å²) < 4.78 is 5.66. The molecule has 3 aromatic rings. The molecule has 0 aliphatic carbocycles. The number of aliphatic hydroxyl groups excluding tert-OH is 1. The molecule has 1 aromatic carbocycles. The van der Waals surface area contributed by atoms with E-state index in [0.29, 0.717) is 19.6 Å². The van der Waals surface area contributed by atoms with E-state index >= 15 is 0 Å². The Morgan fingerprint density at radius 1 is 1.31 bits per heavy atom. The largest absolute Gasteiger partial charge is 0.393 e. The summed E-state index contributed by atoms with van der Waals surface area (Å²) in [6, 6.07) is 12.7.